The van der Waals surface area contributed by atoms with Gasteiger partial charge in [-0.3, -0.25) is 19.3 Å². The van der Waals surface area contributed by atoms with E-state index in [-0.39, 0.29) is 41.6 Å². The molecule has 1 atom stereocenters. The lowest BCUT2D eigenvalue weighted by atomic mass is 10.1. The molecule has 12 heteroatoms. The summed E-state index contributed by atoms with van der Waals surface area (Å²) in [5.74, 6) is -1.70. The smallest absolute Gasteiger partial charge is 0.264 e. The Bertz CT molecular complexity index is 1510. The van der Waals surface area contributed by atoms with Gasteiger partial charge in [0, 0.05) is 6.26 Å². The first kappa shape index (κ1) is 27.6. The van der Waals surface area contributed by atoms with Crippen LogP contribution in [0.1, 0.15) is 39.4 Å². The van der Waals surface area contributed by atoms with E-state index >= 15 is 0 Å². The highest BCUT2D eigenvalue weighted by Gasteiger charge is 2.44. The van der Waals surface area contributed by atoms with Gasteiger partial charge >= 0.3 is 0 Å². The number of carbonyl (C=O) groups excluding carboxylic acids is 3. The monoisotopic (exact) mass is 553 g/mol. The zero-order valence-electron chi connectivity index (χ0n) is 21.5. The average Bonchev–Trinajstić information content (AvgIpc) is 3.16. The van der Waals surface area contributed by atoms with Gasteiger partial charge in [-0.15, -0.1) is 0 Å². The summed E-state index contributed by atoms with van der Waals surface area (Å²) in [7, 11) is -2.26. The molecular formula is C27H27N3O8S. The van der Waals surface area contributed by atoms with Crippen molar-refractivity contribution in [3.63, 3.8) is 0 Å². The van der Waals surface area contributed by atoms with Crippen LogP contribution in [0.25, 0.3) is 0 Å². The molecule has 0 saturated carbocycles. The van der Waals surface area contributed by atoms with E-state index in [1.54, 1.807) is 31.2 Å². The highest BCUT2D eigenvalue weighted by Crippen LogP contribution is 2.37. The number of nitrogens with zero attached hydrogens (tertiary/aromatic N) is 2. The molecule has 0 unspecified atom stereocenters. The molecule has 204 valence electrons. The van der Waals surface area contributed by atoms with Gasteiger partial charge in [-0.05, 0) is 43.3 Å². The number of hydrogen-bond donors (Lipinski definition) is 1. The van der Waals surface area contributed by atoms with Crippen LogP contribution in [0.15, 0.2) is 60.7 Å². The van der Waals surface area contributed by atoms with Crippen molar-refractivity contribution < 1.29 is 37.0 Å². The van der Waals surface area contributed by atoms with Crippen molar-refractivity contribution in [3.05, 3.63) is 77.5 Å². The van der Waals surface area contributed by atoms with Crippen LogP contribution in [0.5, 0.6) is 17.4 Å². The number of carbonyl (C=O) groups is 3. The summed E-state index contributed by atoms with van der Waals surface area (Å²) < 4.78 is 41.0. The molecule has 39 heavy (non-hydrogen) atoms. The quantitative estimate of drug-likeness (QED) is 0.355. The Morgan fingerprint density at radius 3 is 2.41 bits per heavy atom. The van der Waals surface area contributed by atoms with E-state index in [9.17, 15) is 22.8 Å². The molecule has 1 N–H and O–H groups in total. The average molecular weight is 554 g/mol. The van der Waals surface area contributed by atoms with Gasteiger partial charge < -0.3 is 19.5 Å². The molecule has 0 fully saturated rings. The zero-order chi connectivity index (χ0) is 28.2. The van der Waals surface area contributed by atoms with E-state index in [2.05, 4.69) is 10.3 Å². The summed E-state index contributed by atoms with van der Waals surface area (Å²) in [6, 6.07) is 14.9. The number of ether oxygens (including phenoxy) is 3. The van der Waals surface area contributed by atoms with Crippen LogP contribution in [0.2, 0.25) is 0 Å². The van der Waals surface area contributed by atoms with Gasteiger partial charge in [0.15, 0.2) is 12.4 Å². The number of pyridine rings is 1. The van der Waals surface area contributed by atoms with Crippen LogP contribution in [-0.2, 0) is 14.6 Å². The van der Waals surface area contributed by atoms with Gasteiger partial charge in [0.2, 0.25) is 0 Å². The second kappa shape index (κ2) is 11.5. The maximum absolute atomic E-state index is 13.7. The van der Waals surface area contributed by atoms with E-state index in [4.69, 9.17) is 14.2 Å². The van der Waals surface area contributed by atoms with Crippen molar-refractivity contribution in [2.75, 3.05) is 37.6 Å². The van der Waals surface area contributed by atoms with Gasteiger partial charge in [-0.2, -0.15) is 0 Å². The third kappa shape index (κ3) is 6.17. The Morgan fingerprint density at radius 1 is 1.00 bits per heavy atom. The zero-order valence-corrected chi connectivity index (χ0v) is 22.4. The van der Waals surface area contributed by atoms with Crippen molar-refractivity contribution >= 4 is 33.2 Å². The highest BCUT2D eigenvalue weighted by atomic mass is 32.2. The maximum atomic E-state index is 13.7. The molecule has 4 rings (SSSR count). The summed E-state index contributed by atoms with van der Waals surface area (Å²) in [6.45, 7) is 1.67. The number of sulfone groups is 1. The first-order valence-corrected chi connectivity index (χ1v) is 14.0. The van der Waals surface area contributed by atoms with E-state index in [0.29, 0.717) is 11.5 Å². The highest BCUT2D eigenvalue weighted by molar-refractivity contribution is 7.90. The molecule has 0 aliphatic carbocycles. The summed E-state index contributed by atoms with van der Waals surface area (Å²) >= 11 is 0. The van der Waals surface area contributed by atoms with Gasteiger partial charge in [0.05, 0.1) is 48.0 Å². The van der Waals surface area contributed by atoms with E-state index in [0.717, 1.165) is 11.2 Å². The minimum atomic E-state index is -3.69. The van der Waals surface area contributed by atoms with Crippen molar-refractivity contribution in [2.24, 2.45) is 0 Å². The fourth-order valence-corrected chi connectivity index (χ4v) is 5.04. The number of benzene rings is 2. The van der Waals surface area contributed by atoms with Crippen LogP contribution >= 0.6 is 0 Å². The van der Waals surface area contributed by atoms with E-state index in [1.165, 1.54) is 37.4 Å². The fourth-order valence-electron chi connectivity index (χ4n) is 4.14. The lowest BCUT2D eigenvalue weighted by Crippen LogP contribution is -2.38. The normalized spacial score (nSPS) is 13.6. The van der Waals surface area contributed by atoms with Gasteiger partial charge in [0.25, 0.3) is 23.6 Å². The third-order valence-electron chi connectivity index (χ3n) is 5.80. The van der Waals surface area contributed by atoms with Crippen LogP contribution in [0, 0.1) is 0 Å². The van der Waals surface area contributed by atoms with Crippen molar-refractivity contribution in [3.8, 4) is 17.4 Å². The van der Waals surface area contributed by atoms with Crippen molar-refractivity contribution in [1.29, 1.82) is 0 Å². The standard InChI is InChI=1S/C27H27N3O8S/c1-4-37-25-22(36-2)14-13-19(29-25)21(16-39(3,34)35)30-26(32)18-11-8-12-20(24(18)27(30)33)28-23(31)15-38-17-9-6-5-7-10-17/h5-14,21H,4,15-16H2,1-3H3,(H,28,31)/t21-/m0/s1. The van der Waals surface area contributed by atoms with Crippen molar-refractivity contribution in [1.82, 2.24) is 9.88 Å². The number of fused-ring (bicyclic) bond motifs is 1. The first-order chi connectivity index (χ1) is 18.6. The molecule has 11 nitrogen and oxygen atoms in total. The van der Waals surface area contributed by atoms with E-state index < -0.39 is 39.4 Å². The lowest BCUT2D eigenvalue weighted by Gasteiger charge is -2.26. The second-order valence-corrected chi connectivity index (χ2v) is 10.8. The van der Waals surface area contributed by atoms with Crippen LogP contribution < -0.4 is 19.5 Å². The predicted octanol–water partition coefficient (Wildman–Crippen LogP) is 2.89. The molecule has 0 spiro atoms. The van der Waals surface area contributed by atoms with Crippen LogP contribution in [0.4, 0.5) is 5.69 Å². The van der Waals surface area contributed by atoms with Crippen LogP contribution in [0.3, 0.4) is 0 Å². The summed E-state index contributed by atoms with van der Waals surface area (Å²) in [5.41, 5.74) is 0.207. The molecular weight excluding hydrogens is 526 g/mol. The van der Waals surface area contributed by atoms with Gasteiger partial charge in [0.1, 0.15) is 15.6 Å². The molecule has 1 aliphatic rings. The molecule has 1 aliphatic heterocycles. The summed E-state index contributed by atoms with van der Waals surface area (Å²) in [6.07, 6.45) is 1.00. The maximum Gasteiger partial charge on any atom is 0.264 e. The minimum absolute atomic E-state index is 0.0267. The van der Waals surface area contributed by atoms with E-state index in [1.807, 2.05) is 6.07 Å². The number of anilines is 1. The molecule has 0 bridgehead atoms. The topological polar surface area (TPSA) is 141 Å². The molecule has 3 aromatic rings. The minimum Gasteiger partial charge on any atom is -0.491 e. The van der Waals surface area contributed by atoms with Gasteiger partial charge in [-0.1, -0.05) is 24.3 Å². The molecule has 0 radical (unpaired) electrons. The Kier molecular flexibility index (Phi) is 8.15. The fraction of sp³-hybridized carbons (Fsp3) is 0.259. The number of aromatic nitrogens is 1. The van der Waals surface area contributed by atoms with Crippen LogP contribution in [-0.4, -0.2) is 68.4 Å². The number of hydrogen-bond acceptors (Lipinski definition) is 9. The Morgan fingerprint density at radius 2 is 1.74 bits per heavy atom. The summed E-state index contributed by atoms with van der Waals surface area (Å²) in [4.78, 5) is 45.0. The third-order valence-corrected chi connectivity index (χ3v) is 6.72. The molecule has 2 aromatic carbocycles. The number of amides is 3. The van der Waals surface area contributed by atoms with Gasteiger partial charge in [-0.25, -0.2) is 13.4 Å². The molecule has 0 saturated heterocycles. The Hall–Kier alpha value is -4.45. The Labute approximate surface area is 225 Å². The first-order valence-electron chi connectivity index (χ1n) is 12.0. The summed E-state index contributed by atoms with van der Waals surface area (Å²) in [5, 5.41) is 2.62. The number of rotatable bonds is 11. The lowest BCUT2D eigenvalue weighted by molar-refractivity contribution is -0.118. The SMILES string of the molecule is CCOc1nc([C@H](CS(C)(=O)=O)N2C(=O)c3cccc(NC(=O)COc4ccccc4)c3C2=O)ccc1OC. The number of para-hydroxylation sites is 1. The van der Waals surface area contributed by atoms with Crippen molar-refractivity contribution in [2.45, 2.75) is 13.0 Å². The Balaban J connectivity index is 1.66. The number of nitrogens with one attached hydrogen (secondary N) is 1. The molecule has 3 amide bonds. The second-order valence-electron chi connectivity index (χ2n) is 8.64. The largest absolute Gasteiger partial charge is 0.491 e. The number of methoxy groups -OCH3 is 1. The number of imide groups is 1. The molecule has 1 aromatic heterocycles. The molecule has 2 heterocycles. The predicted molar refractivity (Wildman–Crippen MR) is 142 cm³/mol.